The second-order valence-corrected chi connectivity index (χ2v) is 9.18. The molecule has 0 radical (unpaired) electrons. The predicted octanol–water partition coefficient (Wildman–Crippen LogP) is -0.201. The van der Waals surface area contributed by atoms with Crippen LogP contribution >= 0.6 is 0 Å². The van der Waals surface area contributed by atoms with Gasteiger partial charge in [-0.25, -0.2) is 18.1 Å². The van der Waals surface area contributed by atoms with Crippen molar-refractivity contribution in [1.82, 2.24) is 24.5 Å². The summed E-state index contributed by atoms with van der Waals surface area (Å²) in [5.41, 5.74) is 0.975. The molecule has 9 nitrogen and oxygen atoms in total. The van der Waals surface area contributed by atoms with Crippen molar-refractivity contribution in [3.8, 4) is 0 Å². The van der Waals surface area contributed by atoms with Gasteiger partial charge in [-0.3, -0.25) is 9.59 Å². The van der Waals surface area contributed by atoms with Crippen molar-refractivity contribution in [3.05, 3.63) is 48.4 Å². The first-order valence-electron chi connectivity index (χ1n) is 9.48. The van der Waals surface area contributed by atoms with E-state index in [0.29, 0.717) is 19.4 Å². The molecule has 0 saturated carbocycles. The summed E-state index contributed by atoms with van der Waals surface area (Å²) in [6.07, 6.45) is 3.95. The maximum atomic E-state index is 12.9. The lowest BCUT2D eigenvalue weighted by Crippen LogP contribution is -2.67. The monoisotopic (exact) mass is 417 g/mol. The van der Waals surface area contributed by atoms with Crippen LogP contribution in [0.15, 0.2) is 47.9 Å². The molecule has 10 heteroatoms. The van der Waals surface area contributed by atoms with E-state index in [1.165, 1.54) is 12.5 Å². The number of amides is 2. The summed E-state index contributed by atoms with van der Waals surface area (Å²) < 4.78 is 29.2. The number of fused-ring (bicyclic) bond motifs is 1. The molecular weight excluding hydrogens is 394 g/mol. The van der Waals surface area contributed by atoms with Gasteiger partial charge in [-0.05, 0) is 18.4 Å². The summed E-state index contributed by atoms with van der Waals surface area (Å²) in [6.45, 7) is 0.331. The number of hydrogen-bond acceptors (Lipinski definition) is 5. The average Bonchev–Trinajstić information content (AvgIpc) is 3.14. The summed E-state index contributed by atoms with van der Waals surface area (Å²) in [5, 5.41) is 2.75. The van der Waals surface area contributed by atoms with Gasteiger partial charge in [0.2, 0.25) is 11.8 Å². The number of sulfonamides is 1. The average molecular weight is 417 g/mol. The van der Waals surface area contributed by atoms with Gasteiger partial charge >= 0.3 is 0 Å². The Morgan fingerprint density at radius 1 is 1.24 bits per heavy atom. The Morgan fingerprint density at radius 3 is 2.69 bits per heavy atom. The van der Waals surface area contributed by atoms with Gasteiger partial charge in [-0.2, -0.15) is 0 Å². The van der Waals surface area contributed by atoms with E-state index >= 15 is 0 Å². The molecule has 1 aromatic heterocycles. The van der Waals surface area contributed by atoms with Gasteiger partial charge in [0.15, 0.2) is 5.03 Å². The van der Waals surface area contributed by atoms with Crippen molar-refractivity contribution in [2.45, 2.75) is 42.4 Å². The largest absolute Gasteiger partial charge is 0.342 e. The number of carbonyl (C=O) groups is 2. The Labute approximate surface area is 169 Å². The number of piperazine rings is 1. The summed E-state index contributed by atoms with van der Waals surface area (Å²) in [4.78, 5) is 31.0. The van der Waals surface area contributed by atoms with Gasteiger partial charge in [0, 0.05) is 32.3 Å². The van der Waals surface area contributed by atoms with Crippen LogP contribution in [0, 0.1) is 0 Å². The van der Waals surface area contributed by atoms with E-state index in [1.807, 2.05) is 30.3 Å². The third kappa shape index (κ3) is 4.03. The molecule has 2 aliphatic heterocycles. The maximum absolute atomic E-state index is 12.9. The van der Waals surface area contributed by atoms with Gasteiger partial charge < -0.3 is 14.8 Å². The molecule has 3 heterocycles. The molecule has 2 fully saturated rings. The first-order chi connectivity index (χ1) is 13.8. The van der Waals surface area contributed by atoms with Crippen LogP contribution in [-0.4, -0.2) is 59.4 Å². The summed E-state index contributed by atoms with van der Waals surface area (Å²) in [6, 6.07) is 7.83. The van der Waals surface area contributed by atoms with E-state index in [-0.39, 0.29) is 23.3 Å². The van der Waals surface area contributed by atoms with E-state index < -0.39 is 28.1 Å². The molecule has 4 rings (SSSR count). The molecule has 2 amide bonds. The van der Waals surface area contributed by atoms with Crippen molar-refractivity contribution in [3.63, 3.8) is 0 Å². The molecule has 0 unspecified atom stereocenters. The highest BCUT2D eigenvalue weighted by Crippen LogP contribution is 2.24. The van der Waals surface area contributed by atoms with Gasteiger partial charge in [0.05, 0.1) is 6.33 Å². The Hall–Kier alpha value is -2.72. The summed E-state index contributed by atoms with van der Waals surface area (Å²) >= 11 is 0. The molecule has 2 N–H and O–H groups in total. The Bertz CT molecular complexity index is 1020. The first-order valence-corrected chi connectivity index (χ1v) is 11.0. The number of aryl methyl sites for hydroxylation is 1. The van der Waals surface area contributed by atoms with Crippen molar-refractivity contribution in [1.29, 1.82) is 0 Å². The smallest absolute Gasteiger partial charge is 0.259 e. The van der Waals surface area contributed by atoms with E-state index in [1.54, 1.807) is 16.5 Å². The Balaban J connectivity index is 1.43. The Kier molecular flexibility index (Phi) is 5.13. The minimum Gasteiger partial charge on any atom is -0.342 e. The topological polar surface area (TPSA) is 113 Å². The molecule has 154 valence electrons. The second-order valence-electron chi connectivity index (χ2n) is 7.52. The molecule has 2 aromatic rings. The lowest BCUT2D eigenvalue weighted by Gasteiger charge is -2.44. The fourth-order valence-corrected chi connectivity index (χ4v) is 5.17. The van der Waals surface area contributed by atoms with Gasteiger partial charge in [-0.1, -0.05) is 30.3 Å². The highest BCUT2D eigenvalue weighted by molar-refractivity contribution is 7.89. The lowest BCUT2D eigenvalue weighted by molar-refractivity contribution is -0.151. The number of aromatic nitrogens is 2. The zero-order chi connectivity index (χ0) is 20.6. The molecule has 0 aliphatic carbocycles. The van der Waals surface area contributed by atoms with Crippen LogP contribution in [-0.2, 0) is 33.1 Å². The highest BCUT2D eigenvalue weighted by Gasteiger charge is 2.44. The first kappa shape index (κ1) is 19.6. The van der Waals surface area contributed by atoms with Crippen LogP contribution in [0.2, 0.25) is 0 Å². The molecule has 0 spiro atoms. The van der Waals surface area contributed by atoms with Crippen LogP contribution in [0.1, 0.15) is 18.4 Å². The zero-order valence-electron chi connectivity index (χ0n) is 16.0. The molecule has 0 bridgehead atoms. The third-order valence-electron chi connectivity index (χ3n) is 5.36. The zero-order valence-corrected chi connectivity index (χ0v) is 16.8. The molecule has 2 saturated heterocycles. The number of nitrogens with one attached hydrogen (secondary N) is 2. The SMILES string of the molecule is Cn1cnc(S(=O)(=O)N[C@H]2CCN3C(=O)[C@@H](Cc4ccccc4)NC(=O)[C@@H]3C2)c1. The van der Waals surface area contributed by atoms with Gasteiger partial charge in [0.25, 0.3) is 10.0 Å². The van der Waals surface area contributed by atoms with Gasteiger partial charge in [-0.15, -0.1) is 0 Å². The highest BCUT2D eigenvalue weighted by atomic mass is 32.2. The summed E-state index contributed by atoms with van der Waals surface area (Å²) in [7, 11) is -2.09. The van der Waals surface area contributed by atoms with Crippen LogP contribution in [0.5, 0.6) is 0 Å². The standard InChI is InChI=1S/C19H23N5O4S/c1-23-11-17(20-12-23)29(27,28)22-14-7-8-24-16(10-14)18(25)21-15(19(24)26)9-13-5-3-2-4-6-13/h2-6,11-12,14-16,22H,7-10H2,1H3,(H,21,25)/t14-,15+,16-/m0/s1. The maximum Gasteiger partial charge on any atom is 0.259 e. The van der Waals surface area contributed by atoms with E-state index in [9.17, 15) is 18.0 Å². The number of benzene rings is 1. The van der Waals surface area contributed by atoms with Crippen LogP contribution < -0.4 is 10.0 Å². The molecule has 29 heavy (non-hydrogen) atoms. The van der Waals surface area contributed by atoms with Crippen molar-refractivity contribution in [2.75, 3.05) is 6.54 Å². The fourth-order valence-electron chi connectivity index (χ4n) is 3.91. The van der Waals surface area contributed by atoms with Crippen molar-refractivity contribution in [2.24, 2.45) is 7.05 Å². The fraction of sp³-hybridized carbons (Fsp3) is 0.421. The lowest BCUT2D eigenvalue weighted by atomic mass is 9.92. The minimum absolute atomic E-state index is 0.0606. The van der Waals surface area contributed by atoms with Crippen molar-refractivity contribution < 1.29 is 18.0 Å². The second kappa shape index (κ2) is 7.60. The molecule has 3 atom stereocenters. The quantitative estimate of drug-likeness (QED) is 0.700. The molecular formula is C19H23N5O4S. The number of carbonyl (C=O) groups excluding carboxylic acids is 2. The third-order valence-corrected chi connectivity index (χ3v) is 6.77. The van der Waals surface area contributed by atoms with Crippen LogP contribution in [0.4, 0.5) is 0 Å². The molecule has 1 aromatic carbocycles. The van der Waals surface area contributed by atoms with E-state index in [2.05, 4.69) is 15.0 Å². The van der Waals surface area contributed by atoms with Gasteiger partial charge in [0.1, 0.15) is 12.1 Å². The van der Waals surface area contributed by atoms with Crippen molar-refractivity contribution >= 4 is 21.8 Å². The van der Waals surface area contributed by atoms with E-state index in [0.717, 1.165) is 5.56 Å². The minimum atomic E-state index is -3.78. The van der Waals surface area contributed by atoms with E-state index in [4.69, 9.17) is 0 Å². The number of piperidine rings is 1. The normalized spacial score (nSPS) is 24.9. The number of imidazole rings is 1. The number of rotatable bonds is 5. The van der Waals surface area contributed by atoms with Crippen LogP contribution in [0.3, 0.4) is 0 Å². The molecule has 2 aliphatic rings. The van der Waals surface area contributed by atoms with Crippen LogP contribution in [0.25, 0.3) is 0 Å². The predicted molar refractivity (Wildman–Crippen MR) is 104 cm³/mol. The number of nitrogens with zero attached hydrogens (tertiary/aromatic N) is 3. The number of hydrogen-bond donors (Lipinski definition) is 2. The Morgan fingerprint density at radius 2 is 2.00 bits per heavy atom. The summed E-state index contributed by atoms with van der Waals surface area (Å²) in [5.74, 6) is -0.364.